The molecule has 2 aromatic carbocycles. The van der Waals surface area contributed by atoms with E-state index in [-0.39, 0.29) is 0 Å². The van der Waals surface area contributed by atoms with Gasteiger partial charge in [0.1, 0.15) is 12.4 Å². The van der Waals surface area contributed by atoms with Crippen LogP contribution in [0.3, 0.4) is 0 Å². The van der Waals surface area contributed by atoms with E-state index >= 15 is 0 Å². The van der Waals surface area contributed by atoms with Crippen LogP contribution in [-0.2, 0) is 6.42 Å². The van der Waals surface area contributed by atoms with Crippen molar-refractivity contribution in [1.82, 2.24) is 0 Å². The van der Waals surface area contributed by atoms with Crippen LogP contribution < -0.4 is 4.74 Å². The summed E-state index contributed by atoms with van der Waals surface area (Å²) in [5.74, 6) is -0.802. The number of rotatable bonds is 3. The second-order valence-electron chi connectivity index (χ2n) is 5.05. The van der Waals surface area contributed by atoms with E-state index in [1.165, 1.54) is 17.7 Å². The van der Waals surface area contributed by atoms with Crippen molar-refractivity contribution in [1.29, 1.82) is 0 Å². The SMILES string of the molecule is Cc1ccc(OCC2=Cc3cc(F)c(F)cc3C2)cc1. The van der Waals surface area contributed by atoms with Crippen LogP contribution in [0.4, 0.5) is 8.78 Å². The smallest absolute Gasteiger partial charge is 0.159 e. The molecule has 2 aromatic rings. The van der Waals surface area contributed by atoms with Gasteiger partial charge in [-0.15, -0.1) is 0 Å². The fraction of sp³-hybridized carbons (Fsp3) is 0.176. The Morgan fingerprint density at radius 3 is 2.50 bits per heavy atom. The monoisotopic (exact) mass is 272 g/mol. The molecule has 0 atom stereocenters. The van der Waals surface area contributed by atoms with Gasteiger partial charge < -0.3 is 4.74 Å². The highest BCUT2D eigenvalue weighted by Crippen LogP contribution is 2.27. The Morgan fingerprint density at radius 1 is 1.05 bits per heavy atom. The highest BCUT2D eigenvalue weighted by Gasteiger charge is 2.16. The van der Waals surface area contributed by atoms with Crippen molar-refractivity contribution in [3.63, 3.8) is 0 Å². The highest BCUT2D eigenvalue weighted by atomic mass is 19.2. The Bertz CT molecular complexity index is 672. The first kappa shape index (κ1) is 12.9. The number of hydrogen-bond acceptors (Lipinski definition) is 1. The van der Waals surface area contributed by atoms with Gasteiger partial charge in [-0.05, 0) is 54.3 Å². The zero-order chi connectivity index (χ0) is 14.1. The molecule has 102 valence electrons. The van der Waals surface area contributed by atoms with Gasteiger partial charge in [-0.1, -0.05) is 23.8 Å². The van der Waals surface area contributed by atoms with Gasteiger partial charge in [0, 0.05) is 0 Å². The summed E-state index contributed by atoms with van der Waals surface area (Å²) < 4.78 is 32.0. The Hall–Kier alpha value is -2.16. The maximum Gasteiger partial charge on any atom is 0.159 e. The molecule has 0 bridgehead atoms. The summed E-state index contributed by atoms with van der Waals surface area (Å²) in [4.78, 5) is 0. The van der Waals surface area contributed by atoms with E-state index in [0.717, 1.165) is 22.4 Å². The van der Waals surface area contributed by atoms with Crippen molar-refractivity contribution in [3.8, 4) is 5.75 Å². The summed E-state index contributed by atoms with van der Waals surface area (Å²) in [6, 6.07) is 10.3. The molecule has 0 aromatic heterocycles. The van der Waals surface area contributed by atoms with Gasteiger partial charge in [0.15, 0.2) is 11.6 Å². The van der Waals surface area contributed by atoms with Crippen molar-refractivity contribution in [3.05, 3.63) is 70.3 Å². The Balaban J connectivity index is 1.69. The summed E-state index contributed by atoms with van der Waals surface area (Å²) in [6.07, 6.45) is 2.48. The molecule has 3 rings (SSSR count). The predicted molar refractivity (Wildman–Crippen MR) is 74.7 cm³/mol. The molecule has 3 heteroatoms. The first-order valence-electron chi connectivity index (χ1n) is 6.48. The Labute approximate surface area is 116 Å². The first-order chi connectivity index (χ1) is 9.61. The molecule has 0 fully saturated rings. The topological polar surface area (TPSA) is 9.23 Å². The lowest BCUT2D eigenvalue weighted by molar-refractivity contribution is 0.351. The number of benzene rings is 2. The molecule has 0 radical (unpaired) electrons. The summed E-state index contributed by atoms with van der Waals surface area (Å²) in [5.41, 5.74) is 3.75. The molecule has 0 saturated heterocycles. The van der Waals surface area contributed by atoms with Gasteiger partial charge in [-0.2, -0.15) is 0 Å². The van der Waals surface area contributed by atoms with E-state index in [1.54, 1.807) is 0 Å². The normalized spacial score (nSPS) is 13.1. The second kappa shape index (κ2) is 5.08. The number of fused-ring (bicyclic) bond motifs is 1. The predicted octanol–water partition coefficient (Wildman–Crippen LogP) is 4.29. The van der Waals surface area contributed by atoms with Gasteiger partial charge >= 0.3 is 0 Å². The number of hydrogen-bond donors (Lipinski definition) is 0. The Kier molecular flexibility index (Phi) is 3.26. The molecule has 1 nitrogen and oxygen atoms in total. The molecule has 0 spiro atoms. The summed E-state index contributed by atoms with van der Waals surface area (Å²) in [5, 5.41) is 0. The molecule has 0 saturated carbocycles. The molecule has 1 aliphatic carbocycles. The molecular formula is C17H14F2O. The molecule has 0 amide bonds. The van der Waals surface area contributed by atoms with E-state index in [2.05, 4.69) is 0 Å². The summed E-state index contributed by atoms with van der Waals surface area (Å²) >= 11 is 0. The third-order valence-corrected chi connectivity index (χ3v) is 3.40. The quantitative estimate of drug-likeness (QED) is 0.809. The lowest BCUT2D eigenvalue weighted by Gasteiger charge is -2.07. The minimum Gasteiger partial charge on any atom is -0.489 e. The minimum atomic E-state index is -0.805. The van der Waals surface area contributed by atoms with Crippen molar-refractivity contribution in [2.24, 2.45) is 0 Å². The fourth-order valence-corrected chi connectivity index (χ4v) is 2.31. The van der Waals surface area contributed by atoms with Crippen molar-refractivity contribution < 1.29 is 13.5 Å². The van der Waals surface area contributed by atoms with Gasteiger partial charge in [0.25, 0.3) is 0 Å². The lowest BCUT2D eigenvalue weighted by Crippen LogP contribution is -2.01. The zero-order valence-corrected chi connectivity index (χ0v) is 11.1. The highest BCUT2D eigenvalue weighted by molar-refractivity contribution is 5.64. The molecule has 1 aliphatic rings. The van der Waals surface area contributed by atoms with Crippen LogP contribution in [0.5, 0.6) is 5.75 Å². The molecule has 0 aliphatic heterocycles. The lowest BCUT2D eigenvalue weighted by atomic mass is 10.1. The fourth-order valence-electron chi connectivity index (χ4n) is 2.31. The maximum absolute atomic E-state index is 13.2. The van der Waals surface area contributed by atoms with E-state index in [0.29, 0.717) is 13.0 Å². The van der Waals surface area contributed by atoms with Crippen LogP contribution in [0, 0.1) is 18.6 Å². The van der Waals surface area contributed by atoms with Crippen LogP contribution in [-0.4, -0.2) is 6.61 Å². The number of aryl methyl sites for hydroxylation is 1. The van der Waals surface area contributed by atoms with Crippen LogP contribution in [0.1, 0.15) is 16.7 Å². The molecule has 0 unspecified atom stereocenters. The average Bonchev–Trinajstić information content (AvgIpc) is 2.80. The summed E-state index contributed by atoms with van der Waals surface area (Å²) in [6.45, 7) is 2.45. The van der Waals surface area contributed by atoms with Crippen molar-refractivity contribution >= 4 is 6.08 Å². The van der Waals surface area contributed by atoms with E-state index < -0.39 is 11.6 Å². The molecule has 20 heavy (non-hydrogen) atoms. The first-order valence-corrected chi connectivity index (χ1v) is 6.48. The summed E-state index contributed by atoms with van der Waals surface area (Å²) in [7, 11) is 0. The van der Waals surface area contributed by atoms with Gasteiger partial charge in [0.2, 0.25) is 0 Å². The second-order valence-corrected chi connectivity index (χ2v) is 5.05. The third kappa shape index (κ3) is 2.57. The minimum absolute atomic E-state index is 0.432. The van der Waals surface area contributed by atoms with Crippen LogP contribution in [0.2, 0.25) is 0 Å². The van der Waals surface area contributed by atoms with Gasteiger partial charge in [-0.25, -0.2) is 8.78 Å². The van der Waals surface area contributed by atoms with Crippen molar-refractivity contribution in [2.45, 2.75) is 13.3 Å². The van der Waals surface area contributed by atoms with E-state index in [9.17, 15) is 8.78 Å². The molecule has 0 heterocycles. The third-order valence-electron chi connectivity index (χ3n) is 3.40. The maximum atomic E-state index is 13.2. The molecular weight excluding hydrogens is 258 g/mol. The van der Waals surface area contributed by atoms with Crippen LogP contribution in [0.15, 0.2) is 42.0 Å². The van der Waals surface area contributed by atoms with Crippen LogP contribution in [0.25, 0.3) is 6.08 Å². The van der Waals surface area contributed by atoms with E-state index in [4.69, 9.17) is 4.74 Å². The molecule has 0 N–H and O–H groups in total. The number of halogens is 2. The van der Waals surface area contributed by atoms with Crippen LogP contribution >= 0.6 is 0 Å². The Morgan fingerprint density at radius 2 is 1.75 bits per heavy atom. The van der Waals surface area contributed by atoms with Crippen molar-refractivity contribution in [2.75, 3.05) is 6.61 Å². The average molecular weight is 272 g/mol. The zero-order valence-electron chi connectivity index (χ0n) is 11.1. The van der Waals surface area contributed by atoms with Gasteiger partial charge in [0.05, 0.1) is 0 Å². The van der Waals surface area contributed by atoms with Gasteiger partial charge in [-0.3, -0.25) is 0 Å². The standard InChI is InChI=1S/C17H14F2O/c1-11-2-4-15(5-3-11)20-10-12-6-13-8-16(18)17(19)9-14(13)7-12/h2-6,8-9H,7,10H2,1H3. The number of ether oxygens (including phenoxy) is 1. The van der Waals surface area contributed by atoms with E-state index in [1.807, 2.05) is 37.3 Å². The largest absolute Gasteiger partial charge is 0.489 e.